The van der Waals surface area contributed by atoms with Crippen LogP contribution in [-0.2, 0) is 28.2 Å². The van der Waals surface area contributed by atoms with E-state index in [-0.39, 0.29) is 44.2 Å². The molecule has 1 aromatic carbocycles. The van der Waals surface area contributed by atoms with Crippen LogP contribution in [0.15, 0.2) is 21.7 Å². The minimum Gasteiger partial charge on any atom is -0.494 e. The number of hydrogen-bond acceptors (Lipinski definition) is 8. The van der Waals surface area contributed by atoms with Crippen molar-refractivity contribution >= 4 is 36.0 Å². The molecular formula is C25H31ClN4O6S2. The van der Waals surface area contributed by atoms with Crippen LogP contribution in [0.25, 0.3) is 0 Å². The zero-order valence-corrected chi connectivity index (χ0v) is 24.6. The number of ether oxygens (including phenoxy) is 2. The van der Waals surface area contributed by atoms with Crippen LogP contribution in [0.2, 0.25) is 5.02 Å². The first-order valence-electron chi connectivity index (χ1n) is 11.9. The minimum atomic E-state index is -1.29. The molecule has 0 aliphatic carbocycles. The highest BCUT2D eigenvalue weighted by molar-refractivity contribution is 7.71. The normalized spacial score (nSPS) is 12.1. The summed E-state index contributed by atoms with van der Waals surface area (Å²) in [5, 5.41) is 22.5. The van der Waals surface area contributed by atoms with E-state index >= 15 is 0 Å². The second-order valence-electron chi connectivity index (χ2n) is 8.92. The van der Waals surface area contributed by atoms with E-state index in [1.807, 2.05) is 13.8 Å². The maximum Gasteiger partial charge on any atom is 0.262 e. The van der Waals surface area contributed by atoms with Crippen LogP contribution in [0.1, 0.15) is 49.8 Å². The van der Waals surface area contributed by atoms with Gasteiger partial charge in [0.05, 0.1) is 34.8 Å². The zero-order chi connectivity index (χ0) is 28.6. The number of benzene rings is 1. The smallest absolute Gasteiger partial charge is 0.262 e. The molecule has 2 heterocycles. The summed E-state index contributed by atoms with van der Waals surface area (Å²) < 4.78 is 16.8. The fourth-order valence-electron chi connectivity index (χ4n) is 4.12. The molecule has 0 saturated heterocycles. The summed E-state index contributed by atoms with van der Waals surface area (Å²) in [6, 6.07) is 3.10. The summed E-state index contributed by atoms with van der Waals surface area (Å²) in [6.07, 6.45) is 0.548. The van der Waals surface area contributed by atoms with Gasteiger partial charge in [-0.2, -0.15) is 0 Å². The van der Waals surface area contributed by atoms with Gasteiger partial charge in [-0.1, -0.05) is 18.5 Å². The summed E-state index contributed by atoms with van der Waals surface area (Å²) >= 11 is 17.2. The van der Waals surface area contributed by atoms with Crippen LogP contribution >= 0.6 is 36.0 Å². The van der Waals surface area contributed by atoms with Crippen molar-refractivity contribution in [2.75, 3.05) is 6.61 Å². The molecule has 0 aliphatic rings. The quantitative estimate of drug-likeness (QED) is 0.383. The summed E-state index contributed by atoms with van der Waals surface area (Å²) in [5.41, 5.74) is -1.40. The first-order chi connectivity index (χ1) is 17.8. The van der Waals surface area contributed by atoms with Crippen LogP contribution < -0.4 is 20.6 Å². The second kappa shape index (κ2) is 11.3. The zero-order valence-electron chi connectivity index (χ0n) is 22.2. The number of aromatic hydroxyl groups is 2. The topological polar surface area (TPSA) is 113 Å². The lowest BCUT2D eigenvalue weighted by Gasteiger charge is -2.25. The van der Waals surface area contributed by atoms with Crippen molar-refractivity contribution in [3.8, 4) is 23.3 Å². The van der Waals surface area contributed by atoms with Crippen molar-refractivity contribution in [1.29, 1.82) is 0 Å². The number of hydrogen-bond donors (Lipinski definition) is 2. The minimum absolute atomic E-state index is 0.0592. The molecule has 13 heteroatoms. The Kier molecular flexibility index (Phi) is 8.79. The lowest BCUT2D eigenvalue weighted by molar-refractivity contribution is 0.203. The highest BCUT2D eigenvalue weighted by Gasteiger charge is 2.34. The molecule has 0 unspecified atom stereocenters. The monoisotopic (exact) mass is 582 g/mol. The average Bonchev–Trinajstić information content (AvgIpc) is 2.89. The lowest BCUT2D eigenvalue weighted by Crippen LogP contribution is -2.33. The van der Waals surface area contributed by atoms with Gasteiger partial charge in [-0.05, 0) is 62.4 Å². The summed E-state index contributed by atoms with van der Waals surface area (Å²) in [6.45, 7) is 5.92. The predicted octanol–water partition coefficient (Wildman–Crippen LogP) is 4.04. The van der Waals surface area contributed by atoms with Gasteiger partial charge < -0.3 is 19.7 Å². The maximum atomic E-state index is 13.6. The van der Waals surface area contributed by atoms with Gasteiger partial charge in [0.1, 0.15) is 0 Å². The standard InChI is InChI=1S/C25H31ClN4O6S2/c1-8-12(3)36-19-14(26)10-13(11-15(19)35-9-2)16(17-20(31)27(4)24(37)28(5)21(17)32)18-22(33)29(6)25(38)30(7)23(18)34/h10-12,16,31,33H,8-9H2,1-7H3/t12-/m0/s1. The Morgan fingerprint density at radius 2 is 1.37 bits per heavy atom. The fraction of sp³-hybridized carbons (Fsp3) is 0.440. The third-order valence-corrected chi connectivity index (χ3v) is 7.85. The van der Waals surface area contributed by atoms with Crippen molar-refractivity contribution in [1.82, 2.24) is 18.3 Å². The number of aromatic nitrogens is 4. The van der Waals surface area contributed by atoms with E-state index in [1.165, 1.54) is 52.5 Å². The maximum absolute atomic E-state index is 13.6. The van der Waals surface area contributed by atoms with Gasteiger partial charge in [-0.25, -0.2) is 0 Å². The summed E-state index contributed by atoms with van der Waals surface area (Å²) in [5.74, 6) is -1.64. The van der Waals surface area contributed by atoms with Crippen molar-refractivity contribution in [2.24, 2.45) is 28.2 Å². The van der Waals surface area contributed by atoms with E-state index in [4.69, 9.17) is 45.5 Å². The second-order valence-corrected chi connectivity index (χ2v) is 10.1. The van der Waals surface area contributed by atoms with Gasteiger partial charge in [0.2, 0.25) is 11.8 Å². The summed E-state index contributed by atoms with van der Waals surface area (Å²) in [7, 11) is 5.89. The van der Waals surface area contributed by atoms with E-state index in [0.717, 1.165) is 0 Å². The van der Waals surface area contributed by atoms with Crippen molar-refractivity contribution < 1.29 is 19.7 Å². The van der Waals surface area contributed by atoms with E-state index < -0.39 is 28.8 Å². The van der Waals surface area contributed by atoms with E-state index in [9.17, 15) is 19.8 Å². The third kappa shape index (κ3) is 4.99. The molecule has 0 spiro atoms. The number of rotatable bonds is 8. The predicted molar refractivity (Wildman–Crippen MR) is 150 cm³/mol. The van der Waals surface area contributed by atoms with Gasteiger partial charge in [-0.3, -0.25) is 27.9 Å². The van der Waals surface area contributed by atoms with E-state index in [1.54, 1.807) is 13.0 Å². The summed E-state index contributed by atoms with van der Waals surface area (Å²) in [4.78, 5) is 27.1. The SMILES string of the molecule is CCOc1cc(C(c2c(O)n(C)c(=S)n(C)c2=O)c2c(O)n(C)c(=S)n(C)c2=O)cc(Cl)c1O[C@@H](C)CC. The molecule has 0 bridgehead atoms. The first kappa shape index (κ1) is 29.5. The van der Waals surface area contributed by atoms with Gasteiger partial charge in [0.25, 0.3) is 11.1 Å². The fourth-order valence-corrected chi connectivity index (χ4v) is 4.72. The molecule has 3 rings (SSSR count). The van der Waals surface area contributed by atoms with E-state index in [0.29, 0.717) is 17.7 Å². The Labute approximate surface area is 234 Å². The van der Waals surface area contributed by atoms with Crippen molar-refractivity contribution in [3.05, 3.63) is 64.1 Å². The van der Waals surface area contributed by atoms with Gasteiger partial charge in [0, 0.05) is 28.2 Å². The molecule has 38 heavy (non-hydrogen) atoms. The number of halogens is 1. The first-order valence-corrected chi connectivity index (χ1v) is 13.1. The molecule has 10 nitrogen and oxygen atoms in total. The Morgan fingerprint density at radius 3 is 1.79 bits per heavy atom. The molecule has 1 atom stereocenters. The molecule has 0 radical (unpaired) electrons. The molecule has 0 amide bonds. The Bertz CT molecular complexity index is 1550. The van der Waals surface area contributed by atoms with Crippen molar-refractivity contribution in [3.63, 3.8) is 0 Å². The van der Waals surface area contributed by atoms with Crippen LogP contribution in [0, 0.1) is 9.54 Å². The molecule has 2 aromatic heterocycles. The van der Waals surface area contributed by atoms with Crippen LogP contribution in [0.3, 0.4) is 0 Å². The lowest BCUT2D eigenvalue weighted by atomic mass is 9.86. The van der Waals surface area contributed by atoms with Gasteiger partial charge >= 0.3 is 0 Å². The Balaban J connectivity index is 2.55. The average molecular weight is 583 g/mol. The van der Waals surface area contributed by atoms with Gasteiger partial charge in [-0.15, -0.1) is 0 Å². The molecule has 3 aromatic rings. The highest BCUT2D eigenvalue weighted by atomic mass is 35.5. The third-order valence-electron chi connectivity index (χ3n) is 6.47. The molecular weight excluding hydrogens is 552 g/mol. The molecule has 206 valence electrons. The molecule has 0 fully saturated rings. The van der Waals surface area contributed by atoms with Crippen LogP contribution in [0.5, 0.6) is 23.3 Å². The van der Waals surface area contributed by atoms with Crippen LogP contribution in [0.4, 0.5) is 0 Å². The van der Waals surface area contributed by atoms with Gasteiger partial charge in [0.15, 0.2) is 21.0 Å². The Morgan fingerprint density at radius 1 is 0.895 bits per heavy atom. The number of nitrogens with zero attached hydrogens (tertiary/aromatic N) is 4. The molecule has 0 aliphatic heterocycles. The van der Waals surface area contributed by atoms with E-state index in [2.05, 4.69) is 0 Å². The van der Waals surface area contributed by atoms with Crippen molar-refractivity contribution in [2.45, 2.75) is 39.2 Å². The Hall–Kier alpha value is -3.09. The van der Waals surface area contributed by atoms with Crippen LogP contribution in [-0.4, -0.2) is 41.2 Å². The molecule has 2 N–H and O–H groups in total. The highest BCUT2D eigenvalue weighted by Crippen LogP contribution is 2.44. The largest absolute Gasteiger partial charge is 0.494 e. The molecule has 0 saturated carbocycles.